The summed E-state index contributed by atoms with van der Waals surface area (Å²) < 4.78 is 10.7. The Morgan fingerprint density at radius 3 is 2.74 bits per heavy atom. The Balaban J connectivity index is 1.19. The predicted molar refractivity (Wildman–Crippen MR) is 119 cm³/mol. The van der Waals surface area contributed by atoms with Crippen molar-refractivity contribution in [3.8, 4) is 11.5 Å². The highest BCUT2D eigenvalue weighted by atomic mass is 16.7. The molecule has 0 radical (unpaired) electrons. The molecule has 31 heavy (non-hydrogen) atoms. The van der Waals surface area contributed by atoms with E-state index in [1.807, 2.05) is 19.1 Å². The van der Waals surface area contributed by atoms with Gasteiger partial charge in [0, 0.05) is 24.2 Å². The fourth-order valence-corrected chi connectivity index (χ4v) is 4.56. The lowest BCUT2D eigenvalue weighted by Gasteiger charge is -2.34. The molecule has 3 aliphatic rings. The molecule has 2 aliphatic heterocycles. The first-order chi connectivity index (χ1) is 15.1. The molecule has 1 aromatic rings. The van der Waals surface area contributed by atoms with E-state index in [0.717, 1.165) is 38.0 Å². The van der Waals surface area contributed by atoms with E-state index in [1.54, 1.807) is 6.07 Å². The molecule has 0 saturated carbocycles. The van der Waals surface area contributed by atoms with E-state index in [1.165, 1.54) is 31.3 Å². The molecule has 0 aromatic heterocycles. The van der Waals surface area contributed by atoms with Crippen LogP contribution in [0, 0.1) is 5.92 Å². The molecular formula is C24H33N3O4. The number of benzene rings is 1. The number of hydrogen-bond acceptors (Lipinski definition) is 5. The van der Waals surface area contributed by atoms with E-state index in [4.69, 9.17) is 9.47 Å². The van der Waals surface area contributed by atoms with Crippen molar-refractivity contribution in [2.75, 3.05) is 31.7 Å². The molecule has 4 rings (SSSR count). The van der Waals surface area contributed by atoms with Gasteiger partial charge in [-0.05, 0) is 77.1 Å². The average molecular weight is 428 g/mol. The van der Waals surface area contributed by atoms with Crippen LogP contribution in [0.5, 0.6) is 11.5 Å². The van der Waals surface area contributed by atoms with Gasteiger partial charge in [-0.25, -0.2) is 0 Å². The van der Waals surface area contributed by atoms with E-state index in [0.29, 0.717) is 18.0 Å². The van der Waals surface area contributed by atoms with Crippen LogP contribution < -0.4 is 20.1 Å². The first-order valence-electron chi connectivity index (χ1n) is 11.5. The summed E-state index contributed by atoms with van der Waals surface area (Å²) in [7, 11) is 0. The number of rotatable bonds is 7. The number of fused-ring (bicyclic) bond motifs is 1. The normalized spacial score (nSPS) is 20.1. The number of ether oxygens (including phenoxy) is 2. The van der Waals surface area contributed by atoms with Crippen molar-refractivity contribution in [3.05, 3.63) is 29.8 Å². The second kappa shape index (κ2) is 10.2. The molecule has 2 N–H and O–H groups in total. The van der Waals surface area contributed by atoms with Crippen molar-refractivity contribution in [1.29, 1.82) is 0 Å². The van der Waals surface area contributed by atoms with Gasteiger partial charge < -0.3 is 20.1 Å². The number of nitrogens with one attached hydrogen (secondary N) is 2. The molecule has 1 saturated heterocycles. The van der Waals surface area contributed by atoms with Gasteiger partial charge >= 0.3 is 0 Å². The lowest BCUT2D eigenvalue weighted by Crippen LogP contribution is -2.49. The minimum Gasteiger partial charge on any atom is -0.454 e. The molecular weight excluding hydrogens is 394 g/mol. The van der Waals surface area contributed by atoms with Crippen molar-refractivity contribution in [1.82, 2.24) is 10.2 Å². The Labute approximate surface area is 184 Å². The lowest BCUT2D eigenvalue weighted by atomic mass is 9.94. The highest BCUT2D eigenvalue weighted by Gasteiger charge is 2.30. The SMILES string of the molecule is C[C@H](C(=O)NCCC1=CCCCC1)N1CCC(C(=O)Nc2ccc3c(c2)OCO3)CC1. The molecule has 1 atom stereocenters. The summed E-state index contributed by atoms with van der Waals surface area (Å²) in [6.07, 6.45) is 9.70. The fourth-order valence-electron chi connectivity index (χ4n) is 4.56. The molecule has 2 amide bonds. The predicted octanol–water partition coefficient (Wildman–Crippen LogP) is 3.46. The monoisotopic (exact) mass is 427 g/mol. The van der Waals surface area contributed by atoms with Gasteiger partial charge in [-0.1, -0.05) is 11.6 Å². The Morgan fingerprint density at radius 1 is 1.16 bits per heavy atom. The van der Waals surface area contributed by atoms with E-state index >= 15 is 0 Å². The smallest absolute Gasteiger partial charge is 0.237 e. The van der Waals surface area contributed by atoms with Crippen molar-refractivity contribution in [2.24, 2.45) is 5.92 Å². The van der Waals surface area contributed by atoms with Crippen LogP contribution in [0.2, 0.25) is 0 Å². The zero-order valence-corrected chi connectivity index (χ0v) is 18.3. The van der Waals surface area contributed by atoms with Gasteiger partial charge in [-0.2, -0.15) is 0 Å². The Hall–Kier alpha value is -2.54. The van der Waals surface area contributed by atoms with Gasteiger partial charge in [-0.3, -0.25) is 14.5 Å². The van der Waals surface area contributed by atoms with E-state index < -0.39 is 0 Å². The maximum Gasteiger partial charge on any atom is 0.237 e. The first-order valence-corrected chi connectivity index (χ1v) is 11.5. The third-order valence-electron chi connectivity index (χ3n) is 6.60. The van der Waals surface area contributed by atoms with Gasteiger partial charge in [0.05, 0.1) is 6.04 Å². The number of anilines is 1. The highest BCUT2D eigenvalue weighted by Crippen LogP contribution is 2.34. The maximum absolute atomic E-state index is 12.7. The minimum atomic E-state index is -0.168. The van der Waals surface area contributed by atoms with Crippen molar-refractivity contribution >= 4 is 17.5 Å². The van der Waals surface area contributed by atoms with Crippen molar-refractivity contribution in [2.45, 2.75) is 57.9 Å². The Bertz CT molecular complexity index is 830. The van der Waals surface area contributed by atoms with E-state index in [-0.39, 0.29) is 30.6 Å². The number of nitrogens with zero attached hydrogens (tertiary/aromatic N) is 1. The third-order valence-corrected chi connectivity index (χ3v) is 6.60. The highest BCUT2D eigenvalue weighted by molar-refractivity contribution is 5.93. The van der Waals surface area contributed by atoms with Crippen molar-refractivity contribution < 1.29 is 19.1 Å². The molecule has 0 unspecified atom stereocenters. The summed E-state index contributed by atoms with van der Waals surface area (Å²) in [5, 5.41) is 6.08. The molecule has 1 aliphatic carbocycles. The summed E-state index contributed by atoms with van der Waals surface area (Å²) in [5.41, 5.74) is 2.20. The van der Waals surface area contributed by atoms with Crippen LogP contribution in [0.25, 0.3) is 0 Å². The van der Waals surface area contributed by atoms with Crippen LogP contribution in [0.1, 0.15) is 51.9 Å². The molecule has 7 nitrogen and oxygen atoms in total. The summed E-state index contributed by atoms with van der Waals surface area (Å²) in [4.78, 5) is 27.4. The van der Waals surface area contributed by atoms with E-state index in [9.17, 15) is 9.59 Å². The molecule has 1 aromatic carbocycles. The number of carbonyl (C=O) groups is 2. The average Bonchev–Trinajstić information content (AvgIpc) is 3.27. The van der Waals surface area contributed by atoms with Crippen LogP contribution in [0.15, 0.2) is 29.8 Å². The minimum absolute atomic E-state index is 0.0244. The molecule has 2 heterocycles. The first kappa shape index (κ1) is 21.7. The zero-order valence-electron chi connectivity index (χ0n) is 18.3. The molecule has 0 spiro atoms. The number of allylic oxidation sites excluding steroid dienone is 1. The van der Waals surface area contributed by atoms with Crippen LogP contribution in [0.4, 0.5) is 5.69 Å². The van der Waals surface area contributed by atoms with Crippen LogP contribution in [-0.4, -0.2) is 49.2 Å². The van der Waals surface area contributed by atoms with Crippen LogP contribution >= 0.6 is 0 Å². The molecule has 7 heteroatoms. The number of piperidine rings is 1. The second-order valence-corrected chi connectivity index (χ2v) is 8.69. The largest absolute Gasteiger partial charge is 0.454 e. The van der Waals surface area contributed by atoms with Crippen molar-refractivity contribution in [3.63, 3.8) is 0 Å². The molecule has 0 bridgehead atoms. The van der Waals surface area contributed by atoms with Gasteiger partial charge in [-0.15, -0.1) is 0 Å². The molecule has 168 valence electrons. The second-order valence-electron chi connectivity index (χ2n) is 8.69. The summed E-state index contributed by atoms with van der Waals surface area (Å²) in [6.45, 7) is 4.39. The standard InChI is InChI=1S/C24H33N3O4/c1-17(23(28)25-12-9-18-5-3-2-4-6-18)27-13-10-19(11-14-27)24(29)26-20-7-8-21-22(15-20)31-16-30-21/h5,7-8,15,17,19H,2-4,6,9-14,16H2,1H3,(H,25,28)(H,26,29)/t17-/m1/s1. The maximum atomic E-state index is 12.7. The van der Waals surface area contributed by atoms with Crippen LogP contribution in [-0.2, 0) is 9.59 Å². The summed E-state index contributed by atoms with van der Waals surface area (Å²) >= 11 is 0. The number of amides is 2. The van der Waals surface area contributed by atoms with Gasteiger partial charge in [0.1, 0.15) is 0 Å². The summed E-state index contributed by atoms with van der Waals surface area (Å²) in [5.74, 6) is 1.42. The quantitative estimate of drug-likeness (QED) is 0.652. The number of hydrogen-bond donors (Lipinski definition) is 2. The molecule has 1 fully saturated rings. The zero-order chi connectivity index (χ0) is 21.6. The van der Waals surface area contributed by atoms with Gasteiger partial charge in [0.2, 0.25) is 18.6 Å². The number of likely N-dealkylation sites (tertiary alicyclic amines) is 1. The summed E-state index contributed by atoms with van der Waals surface area (Å²) in [6, 6.07) is 5.27. The fraction of sp³-hybridized carbons (Fsp3) is 0.583. The van der Waals surface area contributed by atoms with E-state index in [2.05, 4.69) is 21.6 Å². The van der Waals surface area contributed by atoms with Crippen LogP contribution in [0.3, 0.4) is 0 Å². The lowest BCUT2D eigenvalue weighted by molar-refractivity contribution is -0.127. The Morgan fingerprint density at radius 2 is 1.97 bits per heavy atom. The van der Waals surface area contributed by atoms with Gasteiger partial charge in [0.25, 0.3) is 0 Å². The number of carbonyl (C=O) groups excluding carboxylic acids is 2. The Kier molecular flexibility index (Phi) is 7.12. The topological polar surface area (TPSA) is 79.9 Å². The third kappa shape index (κ3) is 5.58. The van der Waals surface area contributed by atoms with Gasteiger partial charge in [0.15, 0.2) is 11.5 Å².